The van der Waals surface area contributed by atoms with Crippen LogP contribution in [-0.4, -0.2) is 20.9 Å². The fourth-order valence-electron chi connectivity index (χ4n) is 1.82. The third-order valence-corrected chi connectivity index (χ3v) is 3.90. The smallest absolute Gasteiger partial charge is 0.280 e. The maximum absolute atomic E-state index is 10.9. The van der Waals surface area contributed by atoms with Crippen molar-refractivity contribution < 1.29 is 12.6 Å². The van der Waals surface area contributed by atoms with Gasteiger partial charge in [-0.3, -0.25) is 4.18 Å². The van der Waals surface area contributed by atoms with Crippen molar-refractivity contribution in [3.05, 3.63) is 0 Å². The minimum atomic E-state index is -3.45. The number of hydrogen-bond donors (Lipinski definition) is 1. The van der Waals surface area contributed by atoms with Crippen LogP contribution in [0.5, 0.6) is 0 Å². The molecule has 0 aromatic carbocycles. The Labute approximate surface area is 112 Å². The van der Waals surface area contributed by atoms with Crippen molar-refractivity contribution in [1.29, 1.82) is 0 Å². The summed E-state index contributed by atoms with van der Waals surface area (Å²) in [7, 11) is -3.45. The van der Waals surface area contributed by atoms with Gasteiger partial charge in [0.1, 0.15) is 5.88 Å². The van der Waals surface area contributed by atoms with Crippen molar-refractivity contribution >= 4 is 10.1 Å². The first-order valence-corrected chi connectivity index (χ1v) is 8.77. The summed E-state index contributed by atoms with van der Waals surface area (Å²) in [6.45, 7) is 2.50. The molecule has 0 bridgehead atoms. The molecule has 0 heterocycles. The van der Waals surface area contributed by atoms with Gasteiger partial charge in [0, 0.05) is 0 Å². The Bertz CT molecular complexity index is 265. The van der Waals surface area contributed by atoms with Crippen LogP contribution in [0.3, 0.4) is 0 Å². The summed E-state index contributed by atoms with van der Waals surface area (Å²) in [5.74, 6) is -0.426. The molecule has 4 nitrogen and oxygen atoms in total. The Morgan fingerprint density at radius 3 is 1.72 bits per heavy atom. The normalized spacial score (nSPS) is 11.9. The minimum absolute atomic E-state index is 0.274. The lowest BCUT2D eigenvalue weighted by atomic mass is 10.1. The van der Waals surface area contributed by atoms with E-state index in [4.69, 9.17) is 9.92 Å². The first-order chi connectivity index (χ1) is 8.62. The van der Waals surface area contributed by atoms with Gasteiger partial charge < -0.3 is 5.73 Å². The fraction of sp³-hybridized carbons (Fsp3) is 1.00. The van der Waals surface area contributed by atoms with Crippen LogP contribution < -0.4 is 5.73 Å². The number of nitrogens with two attached hydrogens (primary N) is 1. The Morgan fingerprint density at radius 2 is 1.28 bits per heavy atom. The highest BCUT2D eigenvalue weighted by atomic mass is 32.2. The van der Waals surface area contributed by atoms with Gasteiger partial charge in [-0.1, -0.05) is 64.7 Å². The van der Waals surface area contributed by atoms with E-state index in [1.165, 1.54) is 51.4 Å². The first-order valence-electron chi connectivity index (χ1n) is 7.19. The van der Waals surface area contributed by atoms with Gasteiger partial charge in [-0.25, -0.2) is 0 Å². The van der Waals surface area contributed by atoms with Gasteiger partial charge in [-0.2, -0.15) is 8.42 Å². The SMILES string of the molecule is CCCCCCCCCCCCOS(=O)(=O)CN. The van der Waals surface area contributed by atoms with Gasteiger partial charge in [-0.15, -0.1) is 0 Å². The largest absolute Gasteiger partial charge is 0.316 e. The molecule has 0 atom stereocenters. The van der Waals surface area contributed by atoms with E-state index in [1.807, 2.05) is 0 Å². The van der Waals surface area contributed by atoms with Crippen LogP contribution in [0.15, 0.2) is 0 Å². The summed E-state index contributed by atoms with van der Waals surface area (Å²) in [5, 5.41) is 0. The van der Waals surface area contributed by atoms with Crippen molar-refractivity contribution in [2.45, 2.75) is 71.1 Å². The predicted octanol–water partition coefficient (Wildman–Crippen LogP) is 3.17. The van der Waals surface area contributed by atoms with Crippen molar-refractivity contribution in [3.63, 3.8) is 0 Å². The molecule has 0 saturated heterocycles. The third-order valence-electron chi connectivity index (χ3n) is 2.96. The Balaban J connectivity index is 3.12. The van der Waals surface area contributed by atoms with Crippen LogP contribution in [0, 0.1) is 0 Å². The van der Waals surface area contributed by atoms with E-state index in [2.05, 4.69) is 6.92 Å². The Morgan fingerprint density at radius 1 is 0.833 bits per heavy atom. The molecule has 0 aromatic heterocycles. The molecule has 0 aromatic rings. The molecule has 18 heavy (non-hydrogen) atoms. The zero-order chi connectivity index (χ0) is 13.7. The second-order valence-electron chi connectivity index (χ2n) is 4.73. The molecule has 0 fully saturated rings. The summed E-state index contributed by atoms with van der Waals surface area (Å²) in [5.41, 5.74) is 5.02. The average molecular weight is 279 g/mol. The van der Waals surface area contributed by atoms with Crippen molar-refractivity contribution in [3.8, 4) is 0 Å². The summed E-state index contributed by atoms with van der Waals surface area (Å²) in [6.07, 6.45) is 12.2. The molecule has 0 saturated carbocycles. The average Bonchev–Trinajstić information content (AvgIpc) is 2.36. The lowest BCUT2D eigenvalue weighted by Gasteiger charge is -2.03. The van der Waals surface area contributed by atoms with E-state index in [1.54, 1.807) is 0 Å². The topological polar surface area (TPSA) is 69.4 Å². The van der Waals surface area contributed by atoms with Crippen LogP contribution in [-0.2, 0) is 14.3 Å². The highest BCUT2D eigenvalue weighted by molar-refractivity contribution is 7.86. The zero-order valence-electron chi connectivity index (χ0n) is 11.7. The molecule has 2 N–H and O–H groups in total. The summed E-state index contributed by atoms with van der Waals surface area (Å²) in [4.78, 5) is 0. The summed E-state index contributed by atoms with van der Waals surface area (Å²) < 4.78 is 26.5. The quantitative estimate of drug-likeness (QED) is 0.415. The molecule has 0 aliphatic rings. The van der Waals surface area contributed by atoms with E-state index in [-0.39, 0.29) is 6.61 Å². The van der Waals surface area contributed by atoms with E-state index in [0.717, 1.165) is 12.8 Å². The predicted molar refractivity (Wildman–Crippen MR) is 75.8 cm³/mol. The van der Waals surface area contributed by atoms with E-state index in [9.17, 15) is 8.42 Å². The van der Waals surface area contributed by atoms with Gasteiger partial charge in [0.2, 0.25) is 0 Å². The second-order valence-corrected chi connectivity index (χ2v) is 6.41. The molecule has 0 unspecified atom stereocenters. The van der Waals surface area contributed by atoms with E-state index < -0.39 is 16.0 Å². The molecule has 0 spiro atoms. The summed E-state index contributed by atoms with van der Waals surface area (Å²) >= 11 is 0. The van der Waals surface area contributed by atoms with Crippen LogP contribution >= 0.6 is 0 Å². The van der Waals surface area contributed by atoms with Gasteiger partial charge in [0.25, 0.3) is 10.1 Å². The monoisotopic (exact) mass is 279 g/mol. The second kappa shape index (κ2) is 11.9. The van der Waals surface area contributed by atoms with E-state index >= 15 is 0 Å². The molecule has 5 heteroatoms. The molecular formula is C13H29NO3S. The van der Waals surface area contributed by atoms with Gasteiger partial charge in [-0.05, 0) is 6.42 Å². The molecule has 0 radical (unpaired) electrons. The van der Waals surface area contributed by atoms with Crippen LogP contribution in [0.2, 0.25) is 0 Å². The number of rotatable bonds is 13. The van der Waals surface area contributed by atoms with E-state index in [0.29, 0.717) is 0 Å². The lowest BCUT2D eigenvalue weighted by molar-refractivity contribution is 0.306. The Kier molecular flexibility index (Phi) is 11.8. The lowest BCUT2D eigenvalue weighted by Crippen LogP contribution is -2.17. The first kappa shape index (κ1) is 17.9. The highest BCUT2D eigenvalue weighted by Crippen LogP contribution is 2.10. The molecule has 0 amide bonds. The molecule has 110 valence electrons. The standard InChI is InChI=1S/C13H29NO3S/c1-2-3-4-5-6-7-8-9-10-11-12-17-18(15,16)13-14/h2-14H2,1H3. The number of unbranched alkanes of at least 4 members (excludes halogenated alkanes) is 9. The van der Waals surface area contributed by atoms with Gasteiger partial charge >= 0.3 is 0 Å². The van der Waals surface area contributed by atoms with Crippen LogP contribution in [0.1, 0.15) is 71.1 Å². The van der Waals surface area contributed by atoms with Crippen molar-refractivity contribution in [1.82, 2.24) is 0 Å². The van der Waals surface area contributed by atoms with Crippen molar-refractivity contribution in [2.24, 2.45) is 5.73 Å². The fourth-order valence-corrected chi connectivity index (χ4v) is 2.29. The maximum Gasteiger partial charge on any atom is 0.280 e. The molecule has 0 aliphatic carbocycles. The highest BCUT2D eigenvalue weighted by Gasteiger charge is 2.06. The molecular weight excluding hydrogens is 250 g/mol. The molecule has 0 rings (SSSR count). The van der Waals surface area contributed by atoms with Crippen LogP contribution in [0.25, 0.3) is 0 Å². The van der Waals surface area contributed by atoms with Crippen molar-refractivity contribution in [2.75, 3.05) is 12.5 Å². The number of hydrogen-bond acceptors (Lipinski definition) is 4. The Hall–Kier alpha value is -0.130. The van der Waals surface area contributed by atoms with Crippen LogP contribution in [0.4, 0.5) is 0 Å². The minimum Gasteiger partial charge on any atom is -0.316 e. The molecule has 0 aliphatic heterocycles. The third kappa shape index (κ3) is 12.3. The van der Waals surface area contributed by atoms with Gasteiger partial charge in [0.15, 0.2) is 0 Å². The summed E-state index contributed by atoms with van der Waals surface area (Å²) in [6, 6.07) is 0. The maximum atomic E-state index is 10.9. The van der Waals surface area contributed by atoms with Gasteiger partial charge in [0.05, 0.1) is 6.61 Å². The zero-order valence-corrected chi connectivity index (χ0v) is 12.5.